The third-order valence-electron chi connectivity index (χ3n) is 7.87. The van der Waals surface area contributed by atoms with Crippen molar-refractivity contribution in [3.05, 3.63) is 30.6 Å². The van der Waals surface area contributed by atoms with Crippen LogP contribution in [0.25, 0.3) is 22.2 Å². The van der Waals surface area contributed by atoms with Gasteiger partial charge in [-0.3, -0.25) is 8.86 Å². The predicted molar refractivity (Wildman–Crippen MR) is 165 cm³/mol. The van der Waals surface area contributed by atoms with E-state index in [9.17, 15) is 8.42 Å². The van der Waals surface area contributed by atoms with Crippen LogP contribution in [0.3, 0.4) is 0 Å². The van der Waals surface area contributed by atoms with E-state index in [1.165, 1.54) is 0 Å². The van der Waals surface area contributed by atoms with Crippen molar-refractivity contribution in [1.29, 1.82) is 0 Å². The Morgan fingerprint density at radius 1 is 1.12 bits per heavy atom. The van der Waals surface area contributed by atoms with E-state index in [1.807, 2.05) is 28.7 Å². The minimum absolute atomic E-state index is 0.00742. The van der Waals surface area contributed by atoms with Crippen LogP contribution in [0.5, 0.6) is 5.75 Å². The lowest BCUT2D eigenvalue weighted by atomic mass is 10.1. The molecular formula is C29H46N4O7SSi. The van der Waals surface area contributed by atoms with Gasteiger partial charge >= 0.3 is 0 Å². The minimum atomic E-state index is -3.45. The average molecular weight is 623 g/mol. The maximum atomic E-state index is 11.0. The van der Waals surface area contributed by atoms with Gasteiger partial charge in [0.25, 0.3) is 10.1 Å². The van der Waals surface area contributed by atoms with Gasteiger partial charge in [-0.05, 0) is 62.5 Å². The number of nitrogens with zero attached hydrogens (tertiary/aromatic N) is 4. The predicted octanol–water partition coefficient (Wildman–Crippen LogP) is 5.55. The Morgan fingerprint density at radius 2 is 1.86 bits per heavy atom. The summed E-state index contributed by atoms with van der Waals surface area (Å²) >= 11 is 0. The molecule has 42 heavy (non-hydrogen) atoms. The molecule has 3 heterocycles. The number of aromatic nitrogens is 4. The number of hydrogen-bond donors (Lipinski definition) is 0. The zero-order valence-electron chi connectivity index (χ0n) is 26.0. The van der Waals surface area contributed by atoms with Crippen molar-refractivity contribution < 1.29 is 31.2 Å². The molecule has 1 fully saturated rings. The summed E-state index contributed by atoms with van der Waals surface area (Å²) in [5.41, 5.74) is 2.79. The molecule has 0 radical (unpaired) electrons. The molecule has 0 saturated carbocycles. The fourth-order valence-corrected chi connectivity index (χ4v) is 5.87. The van der Waals surface area contributed by atoms with Crippen LogP contribution in [0.1, 0.15) is 59.2 Å². The molecule has 13 heteroatoms. The van der Waals surface area contributed by atoms with Crippen molar-refractivity contribution in [3.8, 4) is 17.0 Å². The van der Waals surface area contributed by atoms with Gasteiger partial charge in [-0.15, -0.1) is 0 Å². The Kier molecular flexibility index (Phi) is 10.5. The third kappa shape index (κ3) is 8.41. The van der Waals surface area contributed by atoms with Crippen LogP contribution >= 0.6 is 0 Å². The lowest BCUT2D eigenvalue weighted by molar-refractivity contribution is -0.0365. The van der Waals surface area contributed by atoms with Crippen molar-refractivity contribution in [2.24, 2.45) is 0 Å². The molecule has 3 aromatic rings. The standard InChI is InChI=1S/C29H46N4O7SSi/c1-22(21-37-15-14-36-16-17-39-41(5,34)35)32-20-23(19-30-32)28-25-18-24(40-42(6,7)29(2,3)4)11-12-26(25)33(31-28)27-10-8-9-13-38-27/h11-12,18-20,22,27H,8-10,13-17,21H2,1-7H3/t22-,27?/m0/s1. The molecule has 1 aliphatic rings. The summed E-state index contributed by atoms with van der Waals surface area (Å²) in [5.74, 6) is 0.860. The van der Waals surface area contributed by atoms with E-state index in [4.69, 9.17) is 23.7 Å². The van der Waals surface area contributed by atoms with E-state index in [1.54, 1.807) is 0 Å². The number of hydrogen-bond acceptors (Lipinski definition) is 9. The molecule has 0 spiro atoms. The van der Waals surface area contributed by atoms with E-state index in [2.05, 4.69) is 61.3 Å². The fraction of sp³-hybridized carbons (Fsp3) is 0.655. The molecule has 0 amide bonds. The first-order chi connectivity index (χ1) is 19.7. The van der Waals surface area contributed by atoms with Gasteiger partial charge in [0.1, 0.15) is 11.4 Å². The highest BCUT2D eigenvalue weighted by molar-refractivity contribution is 7.85. The molecule has 0 aliphatic carbocycles. The maximum Gasteiger partial charge on any atom is 0.264 e. The monoisotopic (exact) mass is 622 g/mol. The lowest BCUT2D eigenvalue weighted by Crippen LogP contribution is -2.43. The smallest absolute Gasteiger partial charge is 0.264 e. The summed E-state index contributed by atoms with van der Waals surface area (Å²) in [6.45, 7) is 15.4. The SMILES string of the molecule is C[C@@H](COCCOCCOS(C)(=O)=O)n1cc(-c2nn(C3CCCCO3)c3ccc(O[Si](C)(C)C(C)(C)C)cc23)cn1. The van der Waals surface area contributed by atoms with Gasteiger partial charge < -0.3 is 18.6 Å². The Hall–Kier alpha value is -2.29. The van der Waals surface area contributed by atoms with E-state index in [0.717, 1.165) is 60.0 Å². The zero-order valence-corrected chi connectivity index (χ0v) is 27.8. The van der Waals surface area contributed by atoms with E-state index < -0.39 is 18.4 Å². The van der Waals surface area contributed by atoms with Crippen LogP contribution in [0, 0.1) is 0 Å². The van der Waals surface area contributed by atoms with E-state index in [-0.39, 0.29) is 30.5 Å². The topological polar surface area (TPSA) is 116 Å². The van der Waals surface area contributed by atoms with Crippen molar-refractivity contribution >= 4 is 29.3 Å². The zero-order chi connectivity index (χ0) is 30.5. The minimum Gasteiger partial charge on any atom is -0.543 e. The van der Waals surface area contributed by atoms with Gasteiger partial charge in [-0.1, -0.05) is 20.8 Å². The van der Waals surface area contributed by atoms with E-state index >= 15 is 0 Å². The molecule has 234 valence electrons. The van der Waals surface area contributed by atoms with Crippen molar-refractivity contribution in [3.63, 3.8) is 0 Å². The van der Waals surface area contributed by atoms with Crippen molar-refractivity contribution in [1.82, 2.24) is 19.6 Å². The number of ether oxygens (including phenoxy) is 3. The average Bonchev–Trinajstić information content (AvgIpc) is 3.54. The summed E-state index contributed by atoms with van der Waals surface area (Å²) < 4.78 is 54.4. The van der Waals surface area contributed by atoms with Gasteiger partial charge in [0.2, 0.25) is 8.32 Å². The second kappa shape index (κ2) is 13.6. The Balaban J connectivity index is 1.47. The van der Waals surface area contributed by atoms with Gasteiger partial charge in [-0.2, -0.15) is 18.6 Å². The van der Waals surface area contributed by atoms with Gasteiger partial charge in [0.05, 0.1) is 57.0 Å². The summed E-state index contributed by atoms with van der Waals surface area (Å²) in [6.07, 6.45) is 7.88. The molecule has 1 aliphatic heterocycles. The second-order valence-electron chi connectivity index (χ2n) is 12.4. The molecule has 2 aromatic heterocycles. The molecule has 0 bridgehead atoms. The lowest BCUT2D eigenvalue weighted by Gasteiger charge is -2.36. The van der Waals surface area contributed by atoms with Crippen molar-refractivity contribution in [2.75, 3.05) is 45.9 Å². The van der Waals surface area contributed by atoms with Crippen LogP contribution in [0.15, 0.2) is 30.6 Å². The Morgan fingerprint density at radius 3 is 2.55 bits per heavy atom. The summed E-state index contributed by atoms with van der Waals surface area (Å²) in [7, 11) is -5.47. The highest BCUT2D eigenvalue weighted by atomic mass is 32.2. The van der Waals surface area contributed by atoms with Gasteiger partial charge in [-0.25, -0.2) is 4.68 Å². The molecular weight excluding hydrogens is 576 g/mol. The number of fused-ring (bicyclic) bond motifs is 1. The molecule has 4 rings (SSSR count). The largest absolute Gasteiger partial charge is 0.543 e. The normalized spacial score (nSPS) is 17.5. The molecule has 1 unspecified atom stereocenters. The Labute approximate surface area is 250 Å². The quantitative estimate of drug-likeness (QED) is 0.130. The van der Waals surface area contributed by atoms with Crippen molar-refractivity contribution in [2.45, 2.75) is 77.4 Å². The molecule has 1 saturated heterocycles. The maximum absolute atomic E-state index is 11.0. The Bertz CT molecular complexity index is 1430. The molecule has 2 atom stereocenters. The molecule has 1 aromatic carbocycles. The molecule has 11 nitrogen and oxygen atoms in total. The first kappa shape index (κ1) is 32.6. The van der Waals surface area contributed by atoms with Crippen LogP contribution < -0.4 is 4.43 Å². The molecule has 0 N–H and O–H groups in total. The summed E-state index contributed by atoms with van der Waals surface area (Å²) in [6, 6.07) is 6.25. The highest BCUT2D eigenvalue weighted by Gasteiger charge is 2.39. The third-order valence-corrected chi connectivity index (χ3v) is 12.8. The number of rotatable bonds is 14. The first-order valence-electron chi connectivity index (χ1n) is 14.6. The van der Waals surface area contributed by atoms with Gasteiger partial charge in [0, 0.05) is 23.8 Å². The van der Waals surface area contributed by atoms with E-state index in [0.29, 0.717) is 19.8 Å². The summed E-state index contributed by atoms with van der Waals surface area (Å²) in [4.78, 5) is 0. The number of benzene rings is 1. The highest BCUT2D eigenvalue weighted by Crippen LogP contribution is 2.40. The first-order valence-corrected chi connectivity index (χ1v) is 19.3. The van der Waals surface area contributed by atoms with Gasteiger partial charge in [0.15, 0.2) is 6.23 Å². The summed E-state index contributed by atoms with van der Waals surface area (Å²) in [5, 5.41) is 10.8. The fourth-order valence-electron chi connectivity index (χ4n) is 4.48. The van der Waals surface area contributed by atoms with Crippen LogP contribution in [-0.2, 0) is 28.5 Å². The second-order valence-corrected chi connectivity index (χ2v) is 18.8. The van der Waals surface area contributed by atoms with Crippen LogP contribution in [0.2, 0.25) is 18.1 Å². The van der Waals surface area contributed by atoms with Crippen LogP contribution in [-0.4, -0.2) is 82.2 Å². The van der Waals surface area contributed by atoms with Crippen LogP contribution in [0.4, 0.5) is 0 Å².